The fraction of sp³-hybridized carbons (Fsp3) is 0.600. The standard InChI is InChI=1S/C10H17N3O3/c1-3-4-8(11)10(15)13-7-9(14)12-5-6-16-2/h1,8H,4-7,11H2,2H3,(H,12,14)(H,13,15). The van der Waals surface area contributed by atoms with Crippen molar-refractivity contribution in [3.63, 3.8) is 0 Å². The Morgan fingerprint density at radius 3 is 2.75 bits per heavy atom. The summed E-state index contributed by atoms with van der Waals surface area (Å²) in [6, 6.07) is -0.767. The molecule has 0 saturated carbocycles. The average molecular weight is 227 g/mol. The Balaban J connectivity index is 3.67. The smallest absolute Gasteiger partial charge is 0.239 e. The Bertz CT molecular complexity index is 273. The second kappa shape index (κ2) is 8.71. The topological polar surface area (TPSA) is 93.5 Å². The Labute approximate surface area is 94.9 Å². The summed E-state index contributed by atoms with van der Waals surface area (Å²) < 4.78 is 4.74. The predicted molar refractivity (Wildman–Crippen MR) is 59.3 cm³/mol. The molecule has 0 spiro atoms. The van der Waals surface area contributed by atoms with Gasteiger partial charge in [-0.15, -0.1) is 12.3 Å². The first-order chi connectivity index (χ1) is 7.61. The lowest BCUT2D eigenvalue weighted by Gasteiger charge is -2.09. The molecule has 0 aliphatic heterocycles. The third kappa shape index (κ3) is 6.81. The van der Waals surface area contributed by atoms with E-state index in [1.54, 1.807) is 0 Å². The van der Waals surface area contributed by atoms with E-state index >= 15 is 0 Å². The van der Waals surface area contributed by atoms with Crippen molar-refractivity contribution in [3.8, 4) is 12.3 Å². The van der Waals surface area contributed by atoms with Gasteiger partial charge in [0.2, 0.25) is 11.8 Å². The summed E-state index contributed by atoms with van der Waals surface area (Å²) in [6.07, 6.45) is 5.15. The molecule has 0 aromatic rings. The van der Waals surface area contributed by atoms with Gasteiger partial charge in [-0.25, -0.2) is 0 Å². The van der Waals surface area contributed by atoms with Gasteiger partial charge < -0.3 is 21.1 Å². The van der Waals surface area contributed by atoms with Crippen LogP contribution in [-0.2, 0) is 14.3 Å². The van der Waals surface area contributed by atoms with E-state index in [2.05, 4.69) is 16.6 Å². The molecule has 0 aliphatic rings. The maximum absolute atomic E-state index is 11.2. The van der Waals surface area contributed by atoms with E-state index < -0.39 is 11.9 Å². The molecule has 0 bridgehead atoms. The number of carbonyl (C=O) groups is 2. The van der Waals surface area contributed by atoms with Gasteiger partial charge in [0, 0.05) is 20.1 Å². The SMILES string of the molecule is C#CCC(N)C(=O)NCC(=O)NCCOC. The van der Waals surface area contributed by atoms with Crippen LogP contribution in [-0.4, -0.2) is 44.7 Å². The van der Waals surface area contributed by atoms with Crippen molar-refractivity contribution < 1.29 is 14.3 Å². The van der Waals surface area contributed by atoms with E-state index in [0.717, 1.165) is 0 Å². The summed E-state index contributed by atoms with van der Waals surface area (Å²) in [6.45, 7) is 0.721. The molecule has 6 nitrogen and oxygen atoms in total. The van der Waals surface area contributed by atoms with Crippen molar-refractivity contribution in [2.24, 2.45) is 5.73 Å². The first kappa shape index (κ1) is 14.4. The molecule has 0 aliphatic carbocycles. The highest BCUT2D eigenvalue weighted by Crippen LogP contribution is 1.84. The van der Waals surface area contributed by atoms with E-state index in [4.69, 9.17) is 16.9 Å². The molecule has 0 radical (unpaired) electrons. The first-order valence-corrected chi connectivity index (χ1v) is 4.84. The average Bonchev–Trinajstić information content (AvgIpc) is 2.26. The second-order valence-corrected chi connectivity index (χ2v) is 3.08. The maximum Gasteiger partial charge on any atom is 0.239 e. The van der Waals surface area contributed by atoms with Gasteiger partial charge in [-0.05, 0) is 0 Å². The van der Waals surface area contributed by atoms with Gasteiger partial charge in [0.25, 0.3) is 0 Å². The summed E-state index contributed by atoms with van der Waals surface area (Å²) in [4.78, 5) is 22.4. The van der Waals surface area contributed by atoms with Gasteiger partial charge in [-0.3, -0.25) is 9.59 Å². The van der Waals surface area contributed by atoms with Gasteiger partial charge in [0.05, 0.1) is 19.2 Å². The Morgan fingerprint density at radius 1 is 1.50 bits per heavy atom. The zero-order chi connectivity index (χ0) is 12.4. The molecule has 0 heterocycles. The molecule has 0 rings (SSSR count). The molecule has 0 saturated heterocycles. The first-order valence-electron chi connectivity index (χ1n) is 4.84. The van der Waals surface area contributed by atoms with Crippen LogP contribution in [0.1, 0.15) is 6.42 Å². The summed E-state index contributed by atoms with van der Waals surface area (Å²) >= 11 is 0. The van der Waals surface area contributed by atoms with Crippen molar-refractivity contribution in [2.45, 2.75) is 12.5 Å². The predicted octanol–water partition coefficient (Wildman–Crippen LogP) is -1.78. The van der Waals surface area contributed by atoms with Gasteiger partial charge in [0.15, 0.2) is 0 Å². The van der Waals surface area contributed by atoms with Crippen molar-refractivity contribution in [2.75, 3.05) is 26.8 Å². The molecule has 0 aromatic heterocycles. The van der Waals surface area contributed by atoms with Crippen LogP contribution in [0.5, 0.6) is 0 Å². The van der Waals surface area contributed by atoms with Crippen LogP contribution in [0.4, 0.5) is 0 Å². The monoisotopic (exact) mass is 227 g/mol. The van der Waals surface area contributed by atoms with E-state index in [-0.39, 0.29) is 18.9 Å². The molecule has 4 N–H and O–H groups in total. The lowest BCUT2D eigenvalue weighted by Crippen LogP contribution is -2.45. The second-order valence-electron chi connectivity index (χ2n) is 3.08. The minimum Gasteiger partial charge on any atom is -0.383 e. The number of terminal acetylenes is 1. The van der Waals surface area contributed by atoms with Crippen LogP contribution >= 0.6 is 0 Å². The Kier molecular flexibility index (Phi) is 7.85. The van der Waals surface area contributed by atoms with E-state index in [0.29, 0.717) is 13.2 Å². The van der Waals surface area contributed by atoms with Crippen LogP contribution in [0.2, 0.25) is 0 Å². The highest BCUT2D eigenvalue weighted by molar-refractivity contribution is 5.87. The third-order valence-electron chi connectivity index (χ3n) is 1.73. The molecule has 0 fully saturated rings. The fourth-order valence-corrected chi connectivity index (χ4v) is 0.873. The highest BCUT2D eigenvalue weighted by Gasteiger charge is 2.12. The zero-order valence-electron chi connectivity index (χ0n) is 9.29. The van der Waals surface area contributed by atoms with Crippen molar-refractivity contribution in [3.05, 3.63) is 0 Å². The Morgan fingerprint density at radius 2 is 2.19 bits per heavy atom. The molecule has 1 unspecified atom stereocenters. The molecule has 6 heteroatoms. The van der Waals surface area contributed by atoms with Crippen LogP contribution in [0, 0.1) is 12.3 Å². The number of nitrogens with two attached hydrogens (primary N) is 1. The maximum atomic E-state index is 11.2. The van der Waals surface area contributed by atoms with Crippen molar-refractivity contribution >= 4 is 11.8 Å². The number of hydrogen-bond acceptors (Lipinski definition) is 4. The molecule has 0 aromatic carbocycles. The third-order valence-corrected chi connectivity index (χ3v) is 1.73. The van der Waals surface area contributed by atoms with Crippen molar-refractivity contribution in [1.29, 1.82) is 0 Å². The van der Waals surface area contributed by atoms with Crippen LogP contribution in [0.25, 0.3) is 0 Å². The number of hydrogen-bond donors (Lipinski definition) is 3. The molecular weight excluding hydrogens is 210 g/mol. The van der Waals surface area contributed by atoms with Gasteiger partial charge in [-0.2, -0.15) is 0 Å². The number of rotatable bonds is 7. The zero-order valence-corrected chi connectivity index (χ0v) is 9.29. The minimum absolute atomic E-state index is 0.110. The molecular formula is C10H17N3O3. The normalized spacial score (nSPS) is 11.3. The minimum atomic E-state index is -0.767. The number of amides is 2. The summed E-state index contributed by atoms with van der Waals surface area (Å²) in [5.74, 6) is 1.55. The van der Waals surface area contributed by atoms with Crippen LogP contribution < -0.4 is 16.4 Å². The van der Waals surface area contributed by atoms with Crippen LogP contribution in [0.3, 0.4) is 0 Å². The van der Waals surface area contributed by atoms with Crippen LogP contribution in [0.15, 0.2) is 0 Å². The van der Waals surface area contributed by atoms with Gasteiger partial charge in [0.1, 0.15) is 0 Å². The molecule has 90 valence electrons. The molecule has 16 heavy (non-hydrogen) atoms. The lowest BCUT2D eigenvalue weighted by molar-refractivity contribution is -0.126. The van der Waals surface area contributed by atoms with Gasteiger partial charge in [-0.1, -0.05) is 0 Å². The summed E-state index contributed by atoms with van der Waals surface area (Å²) in [5.41, 5.74) is 5.43. The summed E-state index contributed by atoms with van der Waals surface area (Å²) in [5, 5.41) is 4.93. The van der Waals surface area contributed by atoms with Crippen molar-refractivity contribution in [1.82, 2.24) is 10.6 Å². The molecule has 2 amide bonds. The number of nitrogens with one attached hydrogen (secondary N) is 2. The lowest BCUT2D eigenvalue weighted by atomic mass is 10.2. The number of carbonyl (C=O) groups excluding carboxylic acids is 2. The summed E-state index contributed by atoms with van der Waals surface area (Å²) in [7, 11) is 1.53. The largest absolute Gasteiger partial charge is 0.383 e. The quantitative estimate of drug-likeness (QED) is 0.354. The number of methoxy groups -OCH3 is 1. The van der Waals surface area contributed by atoms with E-state index in [1.807, 2.05) is 0 Å². The van der Waals surface area contributed by atoms with Gasteiger partial charge >= 0.3 is 0 Å². The molecule has 1 atom stereocenters. The number of ether oxygens (including phenoxy) is 1. The Hall–Kier alpha value is -1.58. The fourth-order valence-electron chi connectivity index (χ4n) is 0.873. The van der Waals surface area contributed by atoms with E-state index in [9.17, 15) is 9.59 Å². The van der Waals surface area contributed by atoms with E-state index in [1.165, 1.54) is 7.11 Å². The highest BCUT2D eigenvalue weighted by atomic mass is 16.5.